The minimum Gasteiger partial charge on any atom is -0.507 e. The number of ether oxygens (including phenoxy) is 3. The number of carbonyl (C=O) groups is 4. The molecule has 0 spiro atoms. The number of aromatic nitrogens is 4. The fraction of sp³-hybridized carbons (Fsp3) is 0.273. The Morgan fingerprint density at radius 2 is 0.566 bits per heavy atom. The van der Waals surface area contributed by atoms with E-state index in [1.165, 1.54) is 32.2 Å². The molecule has 30 nitrogen and oxygen atoms in total. The molecule has 129 heavy (non-hydrogen) atoms. The normalized spacial score (nSPS) is 16.4. The maximum Gasteiger partial charge on any atom is 0.344 e. The number of carboxylic acids is 1. The predicted octanol–water partition coefficient (Wildman–Crippen LogP) is 13.8. The van der Waals surface area contributed by atoms with Gasteiger partial charge in [-0.25, -0.2) is 19.2 Å². The second-order valence-electron chi connectivity index (χ2n) is 32.7. The Morgan fingerprint density at radius 3 is 0.798 bits per heavy atom. The number of phenols is 4. The number of aliphatic hydroxyl groups is 1. The van der Waals surface area contributed by atoms with Crippen LogP contribution in [0, 0.1) is 0 Å². The first kappa shape index (κ1) is 87.3. The number of nitrogens with two attached hydrogens (primary N) is 1. The third kappa shape index (κ3) is 17.1. The lowest BCUT2D eigenvalue weighted by Crippen LogP contribution is -2.46. The lowest BCUT2D eigenvalue weighted by molar-refractivity contribution is 0.00685. The Labute approximate surface area is 741 Å². The fourth-order valence-electron chi connectivity index (χ4n) is 18.7. The molecular weight excluding hydrogens is 1640 g/mol. The van der Waals surface area contributed by atoms with Crippen LogP contribution in [-0.2, 0) is 14.2 Å². The van der Waals surface area contributed by atoms with Crippen molar-refractivity contribution in [2.75, 3.05) is 154 Å². The maximum atomic E-state index is 12.8. The molecule has 12 heterocycles. The lowest BCUT2D eigenvalue weighted by Gasteiger charge is -2.39. The molecule has 4 aliphatic rings. The van der Waals surface area contributed by atoms with Crippen LogP contribution in [0.4, 0.5) is 0 Å². The number of furan rings is 4. The van der Waals surface area contributed by atoms with Gasteiger partial charge in [-0.2, -0.15) is 0 Å². The van der Waals surface area contributed by atoms with Crippen molar-refractivity contribution < 1.29 is 81.7 Å². The number of pyridine rings is 4. The van der Waals surface area contributed by atoms with Crippen molar-refractivity contribution in [1.29, 1.82) is 0 Å². The number of carboxylic acid groups (broad SMARTS) is 1. The van der Waals surface area contributed by atoms with Gasteiger partial charge in [0.25, 0.3) is 0 Å². The Kier molecular flexibility index (Phi) is 26.0. The molecule has 8 N–H and O–H groups in total. The Hall–Kier alpha value is -13.8. The largest absolute Gasteiger partial charge is 0.507 e. The molecule has 4 aliphatic heterocycles. The number of aromatic carboxylic acids is 1. The van der Waals surface area contributed by atoms with Gasteiger partial charge in [-0.3, -0.25) is 45.3 Å². The maximum absolute atomic E-state index is 12.8. The molecular formula is C99H99N13O17. The molecule has 8 aromatic heterocycles. The van der Waals surface area contributed by atoms with E-state index in [0.717, 1.165) is 138 Å². The first-order valence-corrected chi connectivity index (χ1v) is 42.7. The molecule has 0 radical (unpaired) electrons. The Balaban J connectivity index is 0.000000121. The number of carbonyl (C=O) groups excluding carboxylic acids is 3. The SMILES string of the molecule is CN1CCN(C(c2ccncc2)c2c(O)c3ccccc3c3occ(C(=O)O)c23)CC1.CN1CCN(C(c2ccncc2)c2c(O)c3ccccc3c3occ(C(=O)OCN)c23)CC1.CN1CCN(C(c2ccncc2)c2c(O)c3ccccc3c3occ(C(=O)OCO)c23)CC1.COC(=O)c1coc2c1c(C(c1ccncc1)N1CCN(C)CC1)c(O)c1ccccc12. The number of hydrogen-bond donors (Lipinski definition) is 7. The fourth-order valence-corrected chi connectivity index (χ4v) is 18.7. The van der Waals surface area contributed by atoms with Crippen LogP contribution in [0.5, 0.6) is 23.0 Å². The smallest absolute Gasteiger partial charge is 0.344 e. The number of nitrogens with zero attached hydrogens (tertiary/aromatic N) is 12. The van der Waals surface area contributed by atoms with Crippen LogP contribution in [0.25, 0.3) is 87.0 Å². The minimum atomic E-state index is -1.08. The van der Waals surface area contributed by atoms with Crippen molar-refractivity contribution in [3.8, 4) is 23.0 Å². The number of hydrogen-bond acceptors (Lipinski definition) is 29. The summed E-state index contributed by atoms with van der Waals surface area (Å²) in [5, 5.41) is 73.0. The summed E-state index contributed by atoms with van der Waals surface area (Å²) in [4.78, 5) is 85.3. The molecule has 4 unspecified atom stereocenters. The minimum absolute atomic E-state index is 0.0548. The van der Waals surface area contributed by atoms with Crippen molar-refractivity contribution in [2.24, 2.45) is 5.73 Å². The first-order valence-electron chi connectivity index (χ1n) is 42.7. The van der Waals surface area contributed by atoms with Gasteiger partial charge < -0.3 is 82.1 Å². The highest BCUT2D eigenvalue weighted by atomic mass is 16.6. The molecule has 4 saturated heterocycles. The van der Waals surface area contributed by atoms with Crippen molar-refractivity contribution in [3.63, 3.8) is 0 Å². The molecule has 662 valence electrons. The van der Waals surface area contributed by atoms with Gasteiger partial charge in [-0.1, -0.05) is 97.1 Å². The van der Waals surface area contributed by atoms with Gasteiger partial charge in [0, 0.05) is 241 Å². The van der Waals surface area contributed by atoms with Crippen LogP contribution in [-0.4, -0.2) is 267 Å². The number of aliphatic hydroxyl groups excluding tert-OH is 1. The molecule has 0 amide bonds. The number of benzene rings is 8. The summed E-state index contributed by atoms with van der Waals surface area (Å²) in [6.07, 6.45) is 19.3. The van der Waals surface area contributed by atoms with Gasteiger partial charge in [0.05, 0.1) is 31.3 Å². The third-order valence-electron chi connectivity index (χ3n) is 25.2. The molecule has 0 bridgehead atoms. The third-order valence-corrected chi connectivity index (χ3v) is 25.2. The highest BCUT2D eigenvalue weighted by molar-refractivity contribution is 6.20. The summed E-state index contributed by atoms with van der Waals surface area (Å²) < 4.78 is 38.6. The number of piperazine rings is 4. The molecule has 4 atom stereocenters. The number of likely N-dealkylation sites (N-methyl/N-ethyl adjacent to an activating group) is 4. The van der Waals surface area contributed by atoms with Gasteiger partial charge in [-0.15, -0.1) is 0 Å². The monoisotopic (exact) mass is 1740 g/mol. The summed E-state index contributed by atoms with van der Waals surface area (Å²) in [5.41, 5.74) is 14.6. The van der Waals surface area contributed by atoms with Crippen molar-refractivity contribution in [1.82, 2.24) is 59.1 Å². The van der Waals surface area contributed by atoms with E-state index in [1.807, 2.05) is 146 Å². The van der Waals surface area contributed by atoms with Gasteiger partial charge in [0.2, 0.25) is 0 Å². The van der Waals surface area contributed by atoms with Crippen LogP contribution >= 0.6 is 0 Å². The van der Waals surface area contributed by atoms with Gasteiger partial charge in [-0.05, 0) is 99.0 Å². The van der Waals surface area contributed by atoms with E-state index >= 15 is 0 Å². The van der Waals surface area contributed by atoms with Crippen molar-refractivity contribution >= 4 is 111 Å². The van der Waals surface area contributed by atoms with Crippen LogP contribution < -0.4 is 5.73 Å². The standard InChI is InChI=1S/C25H26N4O4.C25H25N3O5.C25H25N3O4.C24H23N3O4/c1-28-10-12-29(13-11-28)22(16-6-8-27-9-7-16)21-20-19(25(31)33-15-26)14-32-24(20)18-5-3-2-4-17(18)23(21)30;1-27-10-12-28(13-11-27)22(16-6-8-26-9-7-16)21-20-19(25(31)33-15-29)14-32-24(20)18-5-3-2-4-17(18)23(21)30;1-27-11-13-28(14-12-27)22(16-7-9-26-10-8-16)21-20-19(25(30)31-2)15-32-24(20)18-6-4-3-5-17(18)23(21)29;1-26-10-12-27(13-11-26)21(15-6-8-25-9-7-15)20-19-18(24(29)30)14-31-23(19)17-5-3-2-4-16(17)22(20)28/h2-9,14,22,30H,10-13,15,26H2,1H3;2-9,14,22,29-30H,10-13,15H2,1H3;3-10,15,22,29H,11-14H2,1-2H3;2-9,14,21,28H,10-13H2,1H3,(H,29,30). The van der Waals surface area contributed by atoms with Crippen molar-refractivity contribution in [2.45, 2.75) is 24.2 Å². The van der Waals surface area contributed by atoms with Gasteiger partial charge in [0.15, 0.2) is 6.79 Å². The number of methoxy groups -OCH3 is 1. The number of esters is 3. The van der Waals surface area contributed by atoms with Crippen LogP contribution in [0.3, 0.4) is 0 Å². The van der Waals surface area contributed by atoms with E-state index in [9.17, 15) is 49.8 Å². The average Bonchev–Trinajstić information content (AvgIpc) is 1.68. The Morgan fingerprint density at radius 1 is 0.341 bits per heavy atom. The number of phenolic OH excluding ortho intramolecular Hbond substituents is 4. The second kappa shape index (κ2) is 38.4. The highest BCUT2D eigenvalue weighted by Crippen LogP contribution is 2.52. The van der Waals surface area contributed by atoms with Crippen molar-refractivity contribution in [3.05, 3.63) is 287 Å². The lowest BCUT2D eigenvalue weighted by atomic mass is 9.89. The molecule has 20 rings (SSSR count). The summed E-state index contributed by atoms with van der Waals surface area (Å²) in [6, 6.07) is 44.1. The molecule has 16 aromatic rings. The number of fused-ring (bicyclic) bond motifs is 12. The summed E-state index contributed by atoms with van der Waals surface area (Å²) in [6.45, 7) is 12.5. The number of aromatic hydroxyl groups is 4. The first-order chi connectivity index (χ1) is 62.8. The summed E-state index contributed by atoms with van der Waals surface area (Å²) in [5.74, 6) is -2.40. The van der Waals surface area contributed by atoms with Crippen LogP contribution in [0.1, 0.15) is 110 Å². The summed E-state index contributed by atoms with van der Waals surface area (Å²) >= 11 is 0. The zero-order chi connectivity index (χ0) is 89.7. The zero-order valence-electron chi connectivity index (χ0n) is 71.9. The van der Waals surface area contributed by atoms with E-state index in [0.29, 0.717) is 104 Å². The van der Waals surface area contributed by atoms with E-state index < -0.39 is 30.7 Å². The van der Waals surface area contributed by atoms with Crippen LogP contribution in [0.15, 0.2) is 238 Å². The molecule has 0 saturated carbocycles. The van der Waals surface area contributed by atoms with E-state index in [-0.39, 0.29) is 70.6 Å². The van der Waals surface area contributed by atoms with E-state index in [4.69, 9.17) is 37.6 Å². The highest BCUT2D eigenvalue weighted by Gasteiger charge is 2.40. The molecule has 0 aliphatic carbocycles. The molecule has 8 aromatic carbocycles. The second-order valence-corrected chi connectivity index (χ2v) is 32.7. The van der Waals surface area contributed by atoms with E-state index in [2.05, 4.69) is 87.3 Å². The topological polar surface area (TPSA) is 373 Å². The average molecular weight is 1740 g/mol. The molecule has 4 fully saturated rings. The Bertz CT molecular complexity index is 6540. The molecule has 30 heteroatoms. The van der Waals surface area contributed by atoms with Crippen LogP contribution in [0.2, 0.25) is 0 Å². The summed E-state index contributed by atoms with van der Waals surface area (Å²) in [7, 11) is 9.73. The van der Waals surface area contributed by atoms with E-state index in [1.54, 1.807) is 49.6 Å². The zero-order valence-corrected chi connectivity index (χ0v) is 71.9. The van der Waals surface area contributed by atoms with Gasteiger partial charge in [0.1, 0.15) is 99.4 Å². The number of rotatable bonds is 18. The predicted molar refractivity (Wildman–Crippen MR) is 487 cm³/mol. The van der Waals surface area contributed by atoms with Gasteiger partial charge >= 0.3 is 23.9 Å². The quantitative estimate of drug-likeness (QED) is 0.0238.